The molecule has 0 aliphatic carbocycles. The number of sulfonamides is 1. The molecule has 9 heteroatoms. The molecule has 0 unspecified atom stereocenters. The summed E-state index contributed by atoms with van der Waals surface area (Å²) in [5.74, 6) is -0.874. The molecule has 0 aliphatic rings. The number of anilines is 1. The van der Waals surface area contributed by atoms with Crippen molar-refractivity contribution < 1.29 is 22.4 Å². The summed E-state index contributed by atoms with van der Waals surface area (Å²) >= 11 is 0. The van der Waals surface area contributed by atoms with E-state index >= 15 is 0 Å². The van der Waals surface area contributed by atoms with Gasteiger partial charge in [-0.15, -0.1) is 0 Å². The Morgan fingerprint density at radius 2 is 1.68 bits per heavy atom. The van der Waals surface area contributed by atoms with Gasteiger partial charge < -0.3 is 10.2 Å². The fourth-order valence-corrected chi connectivity index (χ4v) is 5.13. The van der Waals surface area contributed by atoms with Crippen molar-refractivity contribution in [3.05, 3.63) is 65.0 Å². The highest BCUT2D eigenvalue weighted by molar-refractivity contribution is 7.92. The minimum Gasteiger partial charge on any atom is -0.352 e. The lowest BCUT2D eigenvalue weighted by Gasteiger charge is -2.32. The van der Waals surface area contributed by atoms with Gasteiger partial charge in [0.25, 0.3) is 0 Å². The Kier molecular flexibility index (Phi) is 11.1. The minimum atomic E-state index is -3.57. The molecule has 0 bridgehead atoms. The van der Waals surface area contributed by atoms with Gasteiger partial charge in [-0.1, -0.05) is 38.1 Å². The van der Waals surface area contributed by atoms with Gasteiger partial charge in [0.2, 0.25) is 21.8 Å². The van der Waals surface area contributed by atoms with Crippen molar-refractivity contribution in [2.45, 2.75) is 78.9 Å². The fraction of sp³-hybridized carbons (Fsp3) is 0.500. The Balaban J connectivity index is 2.25. The predicted molar refractivity (Wildman–Crippen MR) is 146 cm³/mol. The first-order valence-electron chi connectivity index (χ1n) is 12.8. The van der Waals surface area contributed by atoms with Gasteiger partial charge in [0.15, 0.2) is 0 Å². The number of carbonyl (C=O) groups excluding carboxylic acids is 2. The van der Waals surface area contributed by atoms with Crippen molar-refractivity contribution in [2.75, 3.05) is 17.1 Å². The molecule has 2 atom stereocenters. The van der Waals surface area contributed by atoms with E-state index in [1.807, 2.05) is 52.8 Å². The second-order valence-corrected chi connectivity index (χ2v) is 11.5. The van der Waals surface area contributed by atoms with Gasteiger partial charge in [-0.05, 0) is 74.9 Å². The summed E-state index contributed by atoms with van der Waals surface area (Å²) in [5.41, 5.74) is 3.07. The third-order valence-corrected chi connectivity index (χ3v) is 7.62. The summed E-state index contributed by atoms with van der Waals surface area (Å²) in [5, 5.41) is 2.96. The topological polar surface area (TPSA) is 86.8 Å². The van der Waals surface area contributed by atoms with Crippen LogP contribution in [0.1, 0.15) is 63.1 Å². The van der Waals surface area contributed by atoms with Crippen LogP contribution in [0.25, 0.3) is 0 Å². The first kappa shape index (κ1) is 30.3. The molecule has 7 nitrogen and oxygen atoms in total. The maximum absolute atomic E-state index is 13.5. The summed E-state index contributed by atoms with van der Waals surface area (Å²) < 4.78 is 40.0. The van der Waals surface area contributed by atoms with Crippen molar-refractivity contribution in [1.82, 2.24) is 10.2 Å². The van der Waals surface area contributed by atoms with E-state index in [1.54, 1.807) is 12.1 Å². The highest BCUT2D eigenvalue weighted by atomic mass is 32.2. The van der Waals surface area contributed by atoms with Crippen molar-refractivity contribution in [3.8, 4) is 0 Å². The monoisotopic (exact) mass is 533 g/mol. The lowest BCUT2D eigenvalue weighted by Crippen LogP contribution is -2.50. The van der Waals surface area contributed by atoms with Crippen LogP contribution < -0.4 is 9.62 Å². The molecule has 0 heterocycles. The van der Waals surface area contributed by atoms with E-state index in [9.17, 15) is 22.4 Å². The smallest absolute Gasteiger partial charge is 0.243 e. The Bertz CT molecular complexity index is 1170. The second kappa shape index (κ2) is 13.6. The fourth-order valence-electron chi connectivity index (χ4n) is 4.12. The van der Waals surface area contributed by atoms with Gasteiger partial charge in [0, 0.05) is 25.6 Å². The van der Waals surface area contributed by atoms with Crippen molar-refractivity contribution in [2.24, 2.45) is 0 Å². The normalized spacial score (nSPS) is 13.1. The van der Waals surface area contributed by atoms with E-state index in [2.05, 4.69) is 5.32 Å². The Hall–Kier alpha value is -2.94. The van der Waals surface area contributed by atoms with Crippen LogP contribution in [0, 0.1) is 19.7 Å². The number of rotatable bonds is 13. The molecule has 37 heavy (non-hydrogen) atoms. The number of amides is 2. The molecule has 0 spiro atoms. The van der Waals surface area contributed by atoms with Crippen LogP contribution in [0.5, 0.6) is 0 Å². The molecule has 0 aromatic heterocycles. The molecule has 2 rings (SSSR count). The van der Waals surface area contributed by atoms with Crippen LogP contribution >= 0.6 is 0 Å². The lowest BCUT2D eigenvalue weighted by molar-refractivity contribution is -0.141. The lowest BCUT2D eigenvalue weighted by atomic mass is 10.1. The summed E-state index contributed by atoms with van der Waals surface area (Å²) in [6, 6.07) is 10.7. The van der Waals surface area contributed by atoms with Crippen LogP contribution in [0.3, 0.4) is 0 Å². The number of hydrogen-bond acceptors (Lipinski definition) is 4. The summed E-state index contributed by atoms with van der Waals surface area (Å²) in [4.78, 5) is 28.0. The van der Waals surface area contributed by atoms with E-state index in [4.69, 9.17) is 0 Å². The maximum atomic E-state index is 13.5. The molecule has 2 amide bonds. The molecule has 2 aromatic carbocycles. The summed E-state index contributed by atoms with van der Waals surface area (Å²) in [6.45, 7) is 9.76. The Morgan fingerprint density at radius 3 is 2.24 bits per heavy atom. The zero-order chi connectivity index (χ0) is 27.8. The van der Waals surface area contributed by atoms with Crippen LogP contribution in [-0.2, 0) is 26.2 Å². The number of nitrogens with one attached hydrogen (secondary N) is 1. The molecule has 1 N–H and O–H groups in total. The Morgan fingerprint density at radius 1 is 1.03 bits per heavy atom. The SMILES string of the molecule is CC[C@H](C(=O)N[C@@H](C)CC)N(Cc1ccc(F)cc1)C(=O)CCCN(c1cc(C)ccc1C)S(C)(=O)=O. The molecule has 0 fully saturated rings. The van der Waals surface area contributed by atoms with Gasteiger partial charge in [0.05, 0.1) is 11.9 Å². The number of halogens is 1. The summed E-state index contributed by atoms with van der Waals surface area (Å²) in [6.07, 6.45) is 2.67. The largest absolute Gasteiger partial charge is 0.352 e. The van der Waals surface area contributed by atoms with E-state index < -0.39 is 16.1 Å². The zero-order valence-corrected chi connectivity index (χ0v) is 23.6. The van der Waals surface area contributed by atoms with E-state index in [0.29, 0.717) is 17.7 Å². The number of nitrogens with zero attached hydrogens (tertiary/aromatic N) is 2. The van der Waals surface area contributed by atoms with Crippen LogP contribution in [0.2, 0.25) is 0 Å². The average molecular weight is 534 g/mol. The molecule has 2 aromatic rings. The predicted octanol–water partition coefficient (Wildman–Crippen LogP) is 4.71. The first-order valence-corrected chi connectivity index (χ1v) is 14.6. The summed E-state index contributed by atoms with van der Waals surface area (Å²) in [7, 11) is -3.57. The number of aryl methyl sites for hydroxylation is 2. The van der Waals surface area contributed by atoms with Gasteiger partial charge in [0.1, 0.15) is 11.9 Å². The molecular weight excluding hydrogens is 493 g/mol. The molecule has 204 valence electrons. The average Bonchev–Trinajstić information content (AvgIpc) is 2.83. The highest BCUT2D eigenvalue weighted by Crippen LogP contribution is 2.25. The third-order valence-electron chi connectivity index (χ3n) is 6.44. The molecule has 0 aliphatic heterocycles. The van der Waals surface area contributed by atoms with Crippen molar-refractivity contribution in [1.29, 1.82) is 0 Å². The maximum Gasteiger partial charge on any atom is 0.243 e. The van der Waals surface area contributed by atoms with Crippen molar-refractivity contribution >= 4 is 27.5 Å². The van der Waals surface area contributed by atoms with Crippen LogP contribution in [0.4, 0.5) is 10.1 Å². The second-order valence-electron chi connectivity index (χ2n) is 9.62. The van der Waals surface area contributed by atoms with Gasteiger partial charge in [-0.2, -0.15) is 0 Å². The van der Waals surface area contributed by atoms with Crippen molar-refractivity contribution in [3.63, 3.8) is 0 Å². The van der Waals surface area contributed by atoms with E-state index in [0.717, 1.165) is 23.8 Å². The quantitative estimate of drug-likeness (QED) is 0.404. The molecule has 0 saturated carbocycles. The zero-order valence-electron chi connectivity index (χ0n) is 22.8. The van der Waals surface area contributed by atoms with Gasteiger partial charge in [-0.25, -0.2) is 12.8 Å². The highest BCUT2D eigenvalue weighted by Gasteiger charge is 2.29. The molecular formula is C28H40FN3O4S. The molecule has 0 radical (unpaired) electrons. The number of hydrogen-bond donors (Lipinski definition) is 1. The number of carbonyl (C=O) groups is 2. The third kappa shape index (κ3) is 8.84. The standard InChI is InChI=1S/C28H40FN3O4S/c1-7-22(5)30-28(34)25(8-2)31(19-23-13-15-24(29)16-14-23)27(33)10-9-17-32(37(6,35)36)26-18-20(3)11-12-21(26)4/h11-16,18,22,25H,7-10,17,19H2,1-6H3,(H,30,34)/t22-,25+/m0/s1. The minimum absolute atomic E-state index is 0.0368. The first-order chi connectivity index (χ1) is 17.4. The van der Waals surface area contributed by atoms with Crippen LogP contribution in [0.15, 0.2) is 42.5 Å². The van der Waals surface area contributed by atoms with Crippen LogP contribution in [-0.4, -0.2) is 50.0 Å². The Labute approximate surface area is 221 Å². The van der Waals surface area contributed by atoms with E-state index in [-0.39, 0.29) is 49.6 Å². The van der Waals surface area contributed by atoms with Gasteiger partial charge in [-0.3, -0.25) is 13.9 Å². The van der Waals surface area contributed by atoms with Gasteiger partial charge >= 0.3 is 0 Å². The van der Waals surface area contributed by atoms with E-state index in [1.165, 1.54) is 21.3 Å². The molecule has 0 saturated heterocycles. The number of benzene rings is 2.